The van der Waals surface area contributed by atoms with Gasteiger partial charge in [0.2, 0.25) is 11.8 Å². The van der Waals surface area contributed by atoms with Crippen molar-refractivity contribution in [3.05, 3.63) is 45.4 Å². The second kappa shape index (κ2) is 6.46. The summed E-state index contributed by atoms with van der Waals surface area (Å²) in [4.78, 5) is 17.5. The maximum Gasteiger partial charge on any atom is 0.262 e. The molecule has 0 bridgehead atoms. The number of nitrogens with zero attached hydrogens (tertiary/aromatic N) is 4. The molecule has 1 aliphatic rings. The molecule has 0 spiro atoms. The first-order chi connectivity index (χ1) is 12.0. The molecule has 1 saturated carbocycles. The third-order valence-electron chi connectivity index (χ3n) is 4.08. The molecule has 1 aromatic carbocycles. The topological polar surface area (TPSA) is 73.8 Å². The Labute approximate surface area is 153 Å². The predicted octanol–water partition coefficient (Wildman–Crippen LogP) is 4.18. The van der Waals surface area contributed by atoms with Crippen LogP contribution in [0.3, 0.4) is 0 Å². The molecule has 2 heterocycles. The Bertz CT molecular complexity index is 994. The molecule has 2 aromatic heterocycles. The van der Waals surface area contributed by atoms with Gasteiger partial charge in [-0.05, 0) is 44.9 Å². The van der Waals surface area contributed by atoms with Crippen molar-refractivity contribution in [2.45, 2.75) is 49.6 Å². The summed E-state index contributed by atoms with van der Waals surface area (Å²) in [6.07, 6.45) is 2.24. The van der Waals surface area contributed by atoms with Gasteiger partial charge in [0.05, 0.1) is 16.7 Å². The summed E-state index contributed by atoms with van der Waals surface area (Å²) in [5, 5.41) is 9.93. The fraction of sp³-hybridized carbons (Fsp3) is 0.412. The molecule has 25 heavy (non-hydrogen) atoms. The Morgan fingerprint density at radius 1 is 1.36 bits per heavy atom. The zero-order valence-electron chi connectivity index (χ0n) is 13.9. The lowest BCUT2D eigenvalue weighted by molar-refractivity contribution is 0.465. The van der Waals surface area contributed by atoms with Crippen LogP contribution in [0.2, 0.25) is 5.02 Å². The van der Waals surface area contributed by atoms with Crippen molar-refractivity contribution in [2.75, 3.05) is 0 Å². The van der Waals surface area contributed by atoms with Crippen LogP contribution in [-0.4, -0.2) is 19.7 Å². The number of rotatable bonds is 5. The van der Waals surface area contributed by atoms with Crippen LogP contribution in [0.15, 0.2) is 32.6 Å². The van der Waals surface area contributed by atoms with E-state index in [4.69, 9.17) is 16.0 Å². The average Bonchev–Trinajstić information content (AvgIpc) is 3.31. The molecule has 8 heteroatoms. The Morgan fingerprint density at radius 2 is 2.16 bits per heavy atom. The maximum atomic E-state index is 12.8. The van der Waals surface area contributed by atoms with Gasteiger partial charge in [-0.25, -0.2) is 4.98 Å². The Morgan fingerprint density at radius 3 is 2.88 bits per heavy atom. The quantitative estimate of drug-likeness (QED) is 0.491. The molecular formula is C17H17ClN4O2S. The van der Waals surface area contributed by atoms with Crippen molar-refractivity contribution in [3.63, 3.8) is 0 Å². The largest absolute Gasteiger partial charge is 0.424 e. The molecule has 0 amide bonds. The van der Waals surface area contributed by atoms with Crippen molar-refractivity contribution < 1.29 is 4.42 Å². The third-order valence-corrected chi connectivity index (χ3v) is 5.25. The zero-order chi connectivity index (χ0) is 17.6. The molecule has 6 nitrogen and oxygen atoms in total. The van der Waals surface area contributed by atoms with E-state index in [0.29, 0.717) is 38.6 Å². The van der Waals surface area contributed by atoms with Crippen molar-refractivity contribution in [1.29, 1.82) is 0 Å². The second-order valence-corrected chi connectivity index (χ2v) is 7.80. The lowest BCUT2D eigenvalue weighted by Gasteiger charge is -2.15. The molecule has 0 atom stereocenters. The fourth-order valence-electron chi connectivity index (χ4n) is 2.66. The predicted molar refractivity (Wildman–Crippen MR) is 97.2 cm³/mol. The van der Waals surface area contributed by atoms with E-state index in [-0.39, 0.29) is 11.6 Å². The van der Waals surface area contributed by atoms with Gasteiger partial charge in [0.1, 0.15) is 0 Å². The van der Waals surface area contributed by atoms with Gasteiger partial charge in [0.15, 0.2) is 5.16 Å². The summed E-state index contributed by atoms with van der Waals surface area (Å²) in [6, 6.07) is 5.14. The highest BCUT2D eigenvalue weighted by molar-refractivity contribution is 7.98. The first kappa shape index (κ1) is 16.6. The number of hydrogen-bond donors (Lipinski definition) is 0. The lowest BCUT2D eigenvalue weighted by atomic mass is 10.2. The number of aromatic nitrogens is 4. The summed E-state index contributed by atoms with van der Waals surface area (Å²) in [5.74, 6) is 2.18. The molecule has 4 rings (SSSR count). The minimum Gasteiger partial charge on any atom is -0.424 e. The van der Waals surface area contributed by atoms with Crippen molar-refractivity contribution >= 4 is 34.3 Å². The molecule has 3 aromatic rings. The van der Waals surface area contributed by atoms with Crippen LogP contribution in [0.25, 0.3) is 10.9 Å². The van der Waals surface area contributed by atoms with Gasteiger partial charge in [-0.15, -0.1) is 10.2 Å². The number of halogens is 1. The van der Waals surface area contributed by atoms with Gasteiger partial charge in [-0.1, -0.05) is 23.4 Å². The maximum absolute atomic E-state index is 12.8. The lowest BCUT2D eigenvalue weighted by Crippen LogP contribution is -2.25. The first-order valence-corrected chi connectivity index (χ1v) is 9.56. The third kappa shape index (κ3) is 3.30. The summed E-state index contributed by atoms with van der Waals surface area (Å²) < 4.78 is 7.38. The standard InChI is InChI=1S/C17H17ClN4O2S/c1-9(2)22-16(23)12-6-5-11(18)7-13(12)19-17(22)25-8-14-20-21-15(24-14)10-3-4-10/h5-7,9-10H,3-4,8H2,1-2H3. The SMILES string of the molecule is CC(C)n1c(SCc2nnc(C3CC3)o2)nc2cc(Cl)ccc2c1=O. The minimum absolute atomic E-state index is 0.00714. The molecular weight excluding hydrogens is 360 g/mol. The molecule has 0 saturated heterocycles. The van der Waals surface area contributed by atoms with Crippen LogP contribution < -0.4 is 5.56 Å². The minimum atomic E-state index is -0.0663. The van der Waals surface area contributed by atoms with E-state index in [0.717, 1.165) is 18.7 Å². The zero-order valence-corrected chi connectivity index (χ0v) is 15.5. The Balaban J connectivity index is 1.68. The van der Waals surface area contributed by atoms with Gasteiger partial charge in [0.25, 0.3) is 5.56 Å². The van der Waals surface area contributed by atoms with Crippen LogP contribution in [0.4, 0.5) is 0 Å². The van der Waals surface area contributed by atoms with Crippen molar-refractivity contribution in [2.24, 2.45) is 0 Å². The summed E-state index contributed by atoms with van der Waals surface area (Å²) in [5.41, 5.74) is 0.532. The van der Waals surface area contributed by atoms with E-state index in [9.17, 15) is 4.79 Å². The number of hydrogen-bond acceptors (Lipinski definition) is 6. The average molecular weight is 377 g/mol. The van der Waals surface area contributed by atoms with E-state index in [1.165, 1.54) is 11.8 Å². The van der Waals surface area contributed by atoms with Gasteiger partial charge in [-0.3, -0.25) is 9.36 Å². The Kier molecular flexibility index (Phi) is 4.29. The highest BCUT2D eigenvalue weighted by atomic mass is 35.5. The van der Waals surface area contributed by atoms with Crippen LogP contribution in [-0.2, 0) is 5.75 Å². The number of fused-ring (bicyclic) bond motifs is 1. The van der Waals surface area contributed by atoms with E-state index < -0.39 is 0 Å². The number of thioether (sulfide) groups is 1. The molecule has 0 N–H and O–H groups in total. The monoisotopic (exact) mass is 376 g/mol. The van der Waals surface area contributed by atoms with E-state index in [2.05, 4.69) is 15.2 Å². The smallest absolute Gasteiger partial charge is 0.262 e. The molecule has 130 valence electrons. The number of benzene rings is 1. The molecule has 0 radical (unpaired) electrons. The summed E-state index contributed by atoms with van der Waals surface area (Å²) >= 11 is 7.47. The summed E-state index contributed by atoms with van der Waals surface area (Å²) in [7, 11) is 0. The van der Waals surface area contributed by atoms with Gasteiger partial charge < -0.3 is 4.42 Å². The van der Waals surface area contributed by atoms with Gasteiger partial charge in [-0.2, -0.15) is 0 Å². The van der Waals surface area contributed by atoms with Crippen LogP contribution in [0, 0.1) is 0 Å². The second-order valence-electron chi connectivity index (χ2n) is 6.42. The molecule has 0 unspecified atom stereocenters. The van der Waals surface area contributed by atoms with Gasteiger partial charge >= 0.3 is 0 Å². The van der Waals surface area contributed by atoms with Gasteiger partial charge in [0, 0.05) is 17.0 Å². The van der Waals surface area contributed by atoms with Crippen LogP contribution in [0.5, 0.6) is 0 Å². The van der Waals surface area contributed by atoms with Crippen molar-refractivity contribution in [1.82, 2.24) is 19.7 Å². The van der Waals surface area contributed by atoms with Crippen LogP contribution in [0.1, 0.15) is 50.4 Å². The van der Waals surface area contributed by atoms with Crippen molar-refractivity contribution in [3.8, 4) is 0 Å². The molecule has 1 aliphatic carbocycles. The Hall–Kier alpha value is -1.86. The van der Waals surface area contributed by atoms with E-state index in [1.54, 1.807) is 22.8 Å². The van der Waals surface area contributed by atoms with E-state index in [1.807, 2.05) is 13.8 Å². The normalized spacial score (nSPS) is 14.6. The molecule has 0 aliphatic heterocycles. The van der Waals surface area contributed by atoms with Crippen LogP contribution >= 0.6 is 23.4 Å². The molecule has 1 fully saturated rings. The first-order valence-electron chi connectivity index (χ1n) is 8.20. The highest BCUT2D eigenvalue weighted by Crippen LogP contribution is 2.39. The highest BCUT2D eigenvalue weighted by Gasteiger charge is 2.29. The summed E-state index contributed by atoms with van der Waals surface area (Å²) in [6.45, 7) is 3.93. The van der Waals surface area contributed by atoms with E-state index >= 15 is 0 Å². The fourth-order valence-corrected chi connectivity index (χ4v) is 3.79.